The molecule has 0 spiro atoms. The zero-order valence-corrected chi connectivity index (χ0v) is 12.4. The van der Waals surface area contributed by atoms with Crippen molar-refractivity contribution in [3.63, 3.8) is 0 Å². The molecule has 22 heavy (non-hydrogen) atoms. The van der Waals surface area contributed by atoms with Gasteiger partial charge in [0.1, 0.15) is 5.75 Å². The van der Waals surface area contributed by atoms with Gasteiger partial charge in [0.2, 0.25) is 5.95 Å². The van der Waals surface area contributed by atoms with Crippen LogP contribution >= 0.6 is 0 Å². The van der Waals surface area contributed by atoms with E-state index in [4.69, 9.17) is 0 Å². The fourth-order valence-corrected chi connectivity index (χ4v) is 1.87. The van der Waals surface area contributed by atoms with Gasteiger partial charge in [0, 0.05) is 0 Å². The van der Waals surface area contributed by atoms with E-state index in [-0.39, 0.29) is 5.75 Å². The van der Waals surface area contributed by atoms with E-state index in [0.717, 1.165) is 24.2 Å². The van der Waals surface area contributed by atoms with Crippen LogP contribution in [0.4, 0.5) is 14.7 Å². The van der Waals surface area contributed by atoms with Crippen molar-refractivity contribution in [3.8, 4) is 5.75 Å². The van der Waals surface area contributed by atoms with Crippen molar-refractivity contribution in [1.29, 1.82) is 0 Å². The van der Waals surface area contributed by atoms with Crippen LogP contribution in [0.1, 0.15) is 30.9 Å². The first-order valence-electron chi connectivity index (χ1n) is 6.98. The largest absolute Gasteiger partial charge is 0.433 e. The predicted octanol–water partition coefficient (Wildman–Crippen LogP) is 2.60. The van der Waals surface area contributed by atoms with E-state index in [1.807, 2.05) is 13.8 Å². The highest BCUT2D eigenvalue weighted by Gasteiger charge is 2.07. The molecule has 0 amide bonds. The zero-order chi connectivity index (χ0) is 15.9. The number of aryl methyl sites for hydroxylation is 2. The number of nitrogens with one attached hydrogen (secondary N) is 1. The molecule has 2 heterocycles. The molecule has 2 aromatic rings. The summed E-state index contributed by atoms with van der Waals surface area (Å²) in [5.74, 6) is 0.445. The maximum absolute atomic E-state index is 12.0. The minimum absolute atomic E-state index is 0.0252. The quantitative estimate of drug-likeness (QED) is 0.847. The Kier molecular flexibility index (Phi) is 5.51. The van der Waals surface area contributed by atoms with Crippen molar-refractivity contribution in [2.24, 2.45) is 0 Å². The Morgan fingerprint density at radius 2 is 1.91 bits per heavy atom. The van der Waals surface area contributed by atoms with Crippen LogP contribution in [-0.4, -0.2) is 26.8 Å². The lowest BCUT2D eigenvalue weighted by Crippen LogP contribution is -2.10. The van der Waals surface area contributed by atoms with E-state index in [9.17, 15) is 8.78 Å². The van der Waals surface area contributed by atoms with E-state index >= 15 is 0 Å². The second kappa shape index (κ2) is 7.58. The third-order valence-corrected chi connectivity index (χ3v) is 2.96. The van der Waals surface area contributed by atoms with Gasteiger partial charge in [-0.15, -0.1) is 5.10 Å². The van der Waals surface area contributed by atoms with Crippen LogP contribution < -0.4 is 10.1 Å². The van der Waals surface area contributed by atoms with Gasteiger partial charge >= 0.3 is 6.61 Å². The molecule has 0 radical (unpaired) electrons. The minimum Gasteiger partial charge on any atom is -0.433 e. The van der Waals surface area contributed by atoms with Crippen molar-refractivity contribution in [1.82, 2.24) is 20.2 Å². The van der Waals surface area contributed by atoms with Gasteiger partial charge in [-0.25, -0.2) is 4.98 Å². The molecule has 2 aromatic heterocycles. The lowest BCUT2D eigenvalue weighted by Gasteiger charge is -2.08. The number of halogens is 2. The van der Waals surface area contributed by atoms with Gasteiger partial charge in [-0.05, 0) is 25.0 Å². The lowest BCUT2D eigenvalue weighted by atomic mass is 10.2. The molecule has 0 saturated heterocycles. The summed E-state index contributed by atoms with van der Waals surface area (Å²) in [6, 6.07) is 3.03. The van der Waals surface area contributed by atoms with Crippen molar-refractivity contribution in [2.75, 3.05) is 5.32 Å². The Labute approximate surface area is 127 Å². The molecule has 2 rings (SSSR count). The number of anilines is 1. The molecule has 118 valence electrons. The fraction of sp³-hybridized carbons (Fsp3) is 0.429. The second-order valence-corrected chi connectivity index (χ2v) is 4.45. The van der Waals surface area contributed by atoms with Crippen molar-refractivity contribution >= 4 is 5.95 Å². The molecular formula is C14H17F2N5O. The van der Waals surface area contributed by atoms with Gasteiger partial charge in [0.15, 0.2) is 0 Å². The maximum atomic E-state index is 12.0. The third-order valence-electron chi connectivity index (χ3n) is 2.96. The maximum Gasteiger partial charge on any atom is 0.387 e. The SMILES string of the molecule is CCc1nnc(NCc2ccc(OC(F)F)cn2)nc1CC. The highest BCUT2D eigenvalue weighted by Crippen LogP contribution is 2.13. The van der Waals surface area contributed by atoms with Gasteiger partial charge in [-0.2, -0.15) is 13.9 Å². The zero-order valence-electron chi connectivity index (χ0n) is 12.4. The minimum atomic E-state index is -2.85. The average molecular weight is 309 g/mol. The highest BCUT2D eigenvalue weighted by atomic mass is 19.3. The first kappa shape index (κ1) is 16.0. The molecule has 0 aliphatic heterocycles. The normalized spacial score (nSPS) is 10.8. The molecule has 6 nitrogen and oxygen atoms in total. The number of hydrogen-bond donors (Lipinski definition) is 1. The van der Waals surface area contributed by atoms with Crippen LogP contribution in [0.3, 0.4) is 0 Å². The molecule has 0 aliphatic carbocycles. The molecule has 0 fully saturated rings. The van der Waals surface area contributed by atoms with E-state index in [1.165, 1.54) is 12.3 Å². The molecule has 1 N–H and O–H groups in total. The van der Waals surface area contributed by atoms with Crippen molar-refractivity contribution < 1.29 is 13.5 Å². The molecular weight excluding hydrogens is 292 g/mol. The van der Waals surface area contributed by atoms with Crippen LogP contribution in [0.2, 0.25) is 0 Å². The number of nitrogens with zero attached hydrogens (tertiary/aromatic N) is 4. The first-order valence-corrected chi connectivity index (χ1v) is 6.98. The van der Waals surface area contributed by atoms with Crippen LogP contribution in [0.15, 0.2) is 18.3 Å². The van der Waals surface area contributed by atoms with Crippen LogP contribution in [0, 0.1) is 0 Å². The number of hydrogen-bond acceptors (Lipinski definition) is 6. The summed E-state index contributed by atoms with van der Waals surface area (Å²) in [7, 11) is 0. The van der Waals surface area contributed by atoms with Gasteiger partial charge in [0.25, 0.3) is 0 Å². The molecule has 0 saturated carbocycles. The van der Waals surface area contributed by atoms with Crippen LogP contribution in [0.25, 0.3) is 0 Å². The first-order chi connectivity index (χ1) is 10.6. The summed E-state index contributed by atoms with van der Waals surface area (Å²) in [6.45, 7) is 1.53. The van der Waals surface area contributed by atoms with E-state index in [1.54, 1.807) is 6.07 Å². The Bertz CT molecular complexity index is 607. The summed E-state index contributed by atoms with van der Waals surface area (Å²) in [5.41, 5.74) is 2.45. The van der Waals surface area contributed by atoms with Crippen molar-refractivity contribution in [2.45, 2.75) is 39.8 Å². The topological polar surface area (TPSA) is 72.8 Å². The molecule has 0 atom stereocenters. The third kappa shape index (κ3) is 4.31. The van der Waals surface area contributed by atoms with Crippen LogP contribution in [0.5, 0.6) is 5.75 Å². The van der Waals surface area contributed by atoms with Gasteiger partial charge in [0.05, 0.1) is 29.8 Å². The van der Waals surface area contributed by atoms with Gasteiger partial charge < -0.3 is 10.1 Å². The summed E-state index contributed by atoms with van der Waals surface area (Å²) >= 11 is 0. The second-order valence-electron chi connectivity index (χ2n) is 4.45. The van der Waals surface area contributed by atoms with Crippen molar-refractivity contribution in [3.05, 3.63) is 35.4 Å². The van der Waals surface area contributed by atoms with Gasteiger partial charge in [-0.1, -0.05) is 13.8 Å². The Morgan fingerprint density at radius 3 is 2.50 bits per heavy atom. The Morgan fingerprint density at radius 1 is 1.14 bits per heavy atom. The smallest absolute Gasteiger partial charge is 0.387 e. The van der Waals surface area contributed by atoms with E-state index < -0.39 is 6.61 Å². The monoisotopic (exact) mass is 309 g/mol. The van der Waals surface area contributed by atoms with Gasteiger partial charge in [-0.3, -0.25) is 4.98 Å². The summed E-state index contributed by atoms with van der Waals surface area (Å²) in [5, 5.41) is 11.1. The molecule has 0 aliphatic rings. The summed E-state index contributed by atoms with van der Waals surface area (Å²) in [4.78, 5) is 8.42. The number of rotatable bonds is 7. The highest BCUT2D eigenvalue weighted by molar-refractivity contribution is 5.28. The Balaban J connectivity index is 1.97. The summed E-state index contributed by atoms with van der Waals surface area (Å²) < 4.78 is 28.3. The number of aromatic nitrogens is 4. The average Bonchev–Trinajstić information content (AvgIpc) is 2.53. The van der Waals surface area contributed by atoms with E-state index in [0.29, 0.717) is 18.2 Å². The number of alkyl halides is 2. The van der Waals surface area contributed by atoms with E-state index in [2.05, 4.69) is 30.2 Å². The summed E-state index contributed by atoms with van der Waals surface area (Å²) in [6.07, 6.45) is 2.82. The fourth-order valence-electron chi connectivity index (χ4n) is 1.87. The molecule has 8 heteroatoms. The predicted molar refractivity (Wildman–Crippen MR) is 76.8 cm³/mol. The molecule has 0 unspecified atom stereocenters. The lowest BCUT2D eigenvalue weighted by molar-refractivity contribution is -0.0500. The van der Waals surface area contributed by atoms with Crippen LogP contribution in [-0.2, 0) is 19.4 Å². The number of pyridine rings is 1. The molecule has 0 bridgehead atoms. The standard InChI is InChI=1S/C14H17F2N5O/c1-3-11-12(4-2)20-21-14(19-11)18-7-9-5-6-10(8-17-9)22-13(15)16/h5-6,8,13H,3-4,7H2,1-2H3,(H,18,19,21). The Hall–Kier alpha value is -2.38. The number of ether oxygens (including phenoxy) is 1. The molecule has 0 aromatic carbocycles.